The third-order valence-corrected chi connectivity index (χ3v) is 5.90. The van der Waals surface area contributed by atoms with Gasteiger partial charge in [-0.2, -0.15) is 0 Å². The Labute approximate surface area is 202 Å². The van der Waals surface area contributed by atoms with Crippen LogP contribution in [0.3, 0.4) is 0 Å². The number of nitrogens with zero attached hydrogens (tertiary/aromatic N) is 1. The van der Waals surface area contributed by atoms with Crippen molar-refractivity contribution in [3.05, 3.63) is 81.8 Å². The lowest BCUT2D eigenvalue weighted by molar-refractivity contribution is -0.121. The molecule has 3 aromatic carbocycles. The van der Waals surface area contributed by atoms with Gasteiger partial charge in [-0.25, -0.2) is 0 Å². The molecule has 1 aliphatic rings. The van der Waals surface area contributed by atoms with E-state index >= 15 is 0 Å². The molecule has 1 N–H and O–H groups in total. The van der Waals surface area contributed by atoms with Crippen molar-refractivity contribution in [2.45, 2.75) is 13.3 Å². The predicted molar refractivity (Wildman–Crippen MR) is 130 cm³/mol. The smallest absolute Gasteiger partial charge is 0.265 e. The van der Waals surface area contributed by atoms with Crippen molar-refractivity contribution < 1.29 is 19.1 Å². The summed E-state index contributed by atoms with van der Waals surface area (Å²) in [6, 6.07) is 17.7. The molecule has 6 nitrogen and oxygen atoms in total. The van der Waals surface area contributed by atoms with Crippen LogP contribution in [0.15, 0.2) is 60.7 Å². The zero-order valence-electron chi connectivity index (χ0n) is 17.9. The van der Waals surface area contributed by atoms with Gasteiger partial charge in [0.25, 0.3) is 11.8 Å². The molecule has 3 aromatic rings. The van der Waals surface area contributed by atoms with Crippen LogP contribution < -0.4 is 19.7 Å². The zero-order chi connectivity index (χ0) is 23.4. The summed E-state index contributed by atoms with van der Waals surface area (Å²) in [4.78, 5) is 26.8. The van der Waals surface area contributed by atoms with Crippen LogP contribution in [0.25, 0.3) is 0 Å². The average molecular weight is 485 g/mol. The first kappa shape index (κ1) is 23.0. The molecule has 0 radical (unpaired) electrons. The number of aryl methyl sites for hydroxylation is 1. The number of halogens is 2. The van der Waals surface area contributed by atoms with Crippen LogP contribution in [-0.4, -0.2) is 31.6 Å². The number of amides is 2. The van der Waals surface area contributed by atoms with Crippen LogP contribution in [-0.2, 0) is 4.79 Å². The summed E-state index contributed by atoms with van der Waals surface area (Å²) in [5.41, 5.74) is 2.68. The fourth-order valence-electron chi connectivity index (χ4n) is 3.41. The third-order valence-electron chi connectivity index (χ3n) is 5.16. The van der Waals surface area contributed by atoms with E-state index in [0.29, 0.717) is 52.3 Å². The van der Waals surface area contributed by atoms with Crippen LogP contribution in [0.4, 0.5) is 11.4 Å². The molecule has 1 heterocycles. The van der Waals surface area contributed by atoms with Gasteiger partial charge in [0, 0.05) is 17.8 Å². The maximum Gasteiger partial charge on any atom is 0.265 e. The number of ether oxygens (including phenoxy) is 2. The van der Waals surface area contributed by atoms with E-state index in [2.05, 4.69) is 5.32 Å². The molecule has 1 aliphatic heterocycles. The van der Waals surface area contributed by atoms with Gasteiger partial charge in [0.2, 0.25) is 0 Å². The Balaban J connectivity index is 1.42. The highest BCUT2D eigenvalue weighted by atomic mass is 35.5. The third kappa shape index (κ3) is 5.59. The largest absolute Gasteiger partial charge is 0.494 e. The van der Waals surface area contributed by atoms with Gasteiger partial charge in [0.1, 0.15) is 11.5 Å². The molecule has 4 rings (SSSR count). The SMILES string of the molecule is Cc1ccc(OCCCN2C(=O)COc3ccc(NC(=O)c4ccc(Cl)c(Cl)c4)cc32)cc1. The van der Waals surface area contributed by atoms with E-state index in [1.165, 1.54) is 11.6 Å². The molecule has 0 atom stereocenters. The molecule has 0 unspecified atom stereocenters. The molecule has 0 aromatic heterocycles. The van der Waals surface area contributed by atoms with Gasteiger partial charge in [-0.15, -0.1) is 0 Å². The number of nitrogens with one attached hydrogen (secondary N) is 1. The monoisotopic (exact) mass is 484 g/mol. The van der Waals surface area contributed by atoms with Gasteiger partial charge in [0.05, 0.1) is 22.3 Å². The van der Waals surface area contributed by atoms with E-state index in [1.807, 2.05) is 31.2 Å². The highest BCUT2D eigenvalue weighted by Gasteiger charge is 2.25. The van der Waals surface area contributed by atoms with Gasteiger partial charge in [0.15, 0.2) is 6.61 Å². The second-order valence-electron chi connectivity index (χ2n) is 7.61. The van der Waals surface area contributed by atoms with Gasteiger partial charge < -0.3 is 19.7 Å². The number of hydrogen-bond donors (Lipinski definition) is 1. The molecule has 0 saturated heterocycles. The van der Waals surface area contributed by atoms with Gasteiger partial charge in [-0.05, 0) is 61.9 Å². The topological polar surface area (TPSA) is 67.9 Å². The highest BCUT2D eigenvalue weighted by molar-refractivity contribution is 6.42. The molecule has 8 heteroatoms. The molecular weight excluding hydrogens is 463 g/mol. The second-order valence-corrected chi connectivity index (χ2v) is 8.43. The van der Waals surface area contributed by atoms with Crippen molar-refractivity contribution >= 4 is 46.4 Å². The maximum atomic E-state index is 12.6. The van der Waals surface area contributed by atoms with Gasteiger partial charge >= 0.3 is 0 Å². The minimum atomic E-state index is -0.338. The van der Waals surface area contributed by atoms with Crippen LogP contribution >= 0.6 is 23.2 Å². The summed E-state index contributed by atoms with van der Waals surface area (Å²) < 4.78 is 11.3. The summed E-state index contributed by atoms with van der Waals surface area (Å²) >= 11 is 11.9. The van der Waals surface area contributed by atoms with E-state index in [0.717, 1.165) is 5.75 Å². The van der Waals surface area contributed by atoms with E-state index < -0.39 is 0 Å². The van der Waals surface area contributed by atoms with Crippen molar-refractivity contribution in [3.63, 3.8) is 0 Å². The Morgan fingerprint density at radius 1 is 1.06 bits per heavy atom. The molecule has 2 amide bonds. The van der Waals surface area contributed by atoms with Crippen molar-refractivity contribution in [1.29, 1.82) is 0 Å². The molecule has 0 aliphatic carbocycles. The Morgan fingerprint density at radius 3 is 2.61 bits per heavy atom. The van der Waals surface area contributed by atoms with E-state index in [-0.39, 0.29) is 18.4 Å². The standard InChI is InChI=1S/C25H22Cl2N2O4/c1-16-3-7-19(8-4-16)32-12-2-11-29-22-14-18(6-10-23(22)33-15-24(29)30)28-25(31)17-5-9-20(26)21(27)13-17/h3-10,13-14H,2,11-12,15H2,1H3,(H,28,31). The normalized spacial score (nSPS) is 12.7. The first-order valence-electron chi connectivity index (χ1n) is 10.4. The number of anilines is 2. The Kier molecular flexibility index (Phi) is 7.06. The number of carbonyl (C=O) groups excluding carboxylic acids is 2. The minimum Gasteiger partial charge on any atom is -0.494 e. The lowest BCUT2D eigenvalue weighted by Gasteiger charge is -2.30. The summed E-state index contributed by atoms with van der Waals surface area (Å²) in [6.07, 6.45) is 0.638. The van der Waals surface area contributed by atoms with E-state index in [9.17, 15) is 9.59 Å². The van der Waals surface area contributed by atoms with Gasteiger partial charge in [-0.1, -0.05) is 40.9 Å². The van der Waals surface area contributed by atoms with Gasteiger partial charge in [-0.3, -0.25) is 9.59 Å². The van der Waals surface area contributed by atoms with Crippen molar-refractivity contribution in [2.24, 2.45) is 0 Å². The van der Waals surface area contributed by atoms with E-state index in [4.69, 9.17) is 32.7 Å². The summed E-state index contributed by atoms with van der Waals surface area (Å²) in [5, 5.41) is 3.50. The quantitative estimate of drug-likeness (QED) is 0.433. The van der Waals surface area contributed by atoms with Crippen molar-refractivity contribution in [2.75, 3.05) is 30.0 Å². The predicted octanol–water partition coefficient (Wildman–Crippen LogP) is 5.75. The molecule has 0 fully saturated rings. The molecule has 0 saturated carbocycles. The van der Waals surface area contributed by atoms with Crippen molar-refractivity contribution in [3.8, 4) is 11.5 Å². The van der Waals surface area contributed by atoms with Crippen LogP contribution in [0, 0.1) is 6.92 Å². The Hall–Kier alpha value is -3.22. The molecule has 170 valence electrons. The number of rotatable bonds is 7. The number of hydrogen-bond acceptors (Lipinski definition) is 4. The maximum absolute atomic E-state index is 12.6. The molecule has 0 bridgehead atoms. The number of benzene rings is 3. The fraction of sp³-hybridized carbons (Fsp3) is 0.200. The lowest BCUT2D eigenvalue weighted by atomic mass is 10.1. The molecule has 33 heavy (non-hydrogen) atoms. The minimum absolute atomic E-state index is 0.0270. The number of carbonyl (C=O) groups is 2. The van der Waals surface area contributed by atoms with Crippen molar-refractivity contribution in [1.82, 2.24) is 0 Å². The summed E-state index contributed by atoms with van der Waals surface area (Å²) in [7, 11) is 0. The van der Waals surface area contributed by atoms with Crippen LogP contribution in [0.2, 0.25) is 10.0 Å². The first-order chi connectivity index (χ1) is 15.9. The second kappa shape index (κ2) is 10.1. The Morgan fingerprint density at radius 2 is 1.85 bits per heavy atom. The summed E-state index contributed by atoms with van der Waals surface area (Å²) in [5.74, 6) is 0.892. The average Bonchev–Trinajstić information content (AvgIpc) is 2.80. The fourth-order valence-corrected chi connectivity index (χ4v) is 3.71. The Bertz CT molecular complexity index is 1180. The number of fused-ring (bicyclic) bond motifs is 1. The van der Waals surface area contributed by atoms with Crippen LogP contribution in [0.1, 0.15) is 22.3 Å². The molecular formula is C25H22Cl2N2O4. The lowest BCUT2D eigenvalue weighted by Crippen LogP contribution is -2.39. The molecule has 0 spiro atoms. The van der Waals surface area contributed by atoms with Crippen LogP contribution in [0.5, 0.6) is 11.5 Å². The highest BCUT2D eigenvalue weighted by Crippen LogP contribution is 2.35. The zero-order valence-corrected chi connectivity index (χ0v) is 19.4. The first-order valence-corrected chi connectivity index (χ1v) is 11.2. The summed E-state index contributed by atoms with van der Waals surface area (Å²) in [6.45, 7) is 2.93. The van der Waals surface area contributed by atoms with E-state index in [1.54, 1.807) is 35.2 Å².